The van der Waals surface area contributed by atoms with Crippen LogP contribution in [-0.2, 0) is 4.74 Å². The lowest BCUT2D eigenvalue weighted by atomic mass is 10.1. The highest BCUT2D eigenvalue weighted by atomic mass is 16.6. The number of aromatic nitrogens is 3. The first-order valence-electron chi connectivity index (χ1n) is 6.43. The van der Waals surface area contributed by atoms with Crippen LogP contribution < -0.4 is 0 Å². The molecule has 0 bridgehead atoms. The van der Waals surface area contributed by atoms with Gasteiger partial charge < -0.3 is 19.5 Å². The largest absolute Gasteiger partial charge is 0.388 e. The average molecular weight is 263 g/mol. The van der Waals surface area contributed by atoms with Gasteiger partial charge >= 0.3 is 0 Å². The maximum atomic E-state index is 10.1. The summed E-state index contributed by atoms with van der Waals surface area (Å²) in [5.41, 5.74) is 1.59. The molecule has 6 nitrogen and oxygen atoms in total. The Morgan fingerprint density at radius 3 is 2.79 bits per heavy atom. The second kappa shape index (κ2) is 4.56. The highest BCUT2D eigenvalue weighted by molar-refractivity contribution is 5.78. The van der Waals surface area contributed by atoms with Crippen LogP contribution in [0.2, 0.25) is 0 Å². The molecule has 0 saturated carbocycles. The first-order chi connectivity index (χ1) is 9.13. The second-order valence-electron chi connectivity index (χ2n) is 4.87. The van der Waals surface area contributed by atoms with Crippen molar-refractivity contribution in [3.63, 3.8) is 0 Å². The van der Waals surface area contributed by atoms with Crippen molar-refractivity contribution >= 4 is 11.0 Å². The molecule has 19 heavy (non-hydrogen) atoms. The van der Waals surface area contributed by atoms with Gasteiger partial charge in [-0.25, -0.2) is 9.97 Å². The van der Waals surface area contributed by atoms with E-state index in [0.29, 0.717) is 12.1 Å². The van der Waals surface area contributed by atoms with Crippen LogP contribution in [0.4, 0.5) is 0 Å². The zero-order valence-electron chi connectivity index (χ0n) is 10.9. The molecule has 1 aliphatic heterocycles. The van der Waals surface area contributed by atoms with Gasteiger partial charge in [0.05, 0.1) is 11.8 Å². The smallest absolute Gasteiger partial charge is 0.164 e. The Hall–Kier alpha value is -1.50. The zero-order valence-corrected chi connectivity index (χ0v) is 10.9. The van der Waals surface area contributed by atoms with Crippen LogP contribution in [0.15, 0.2) is 18.6 Å². The molecule has 2 aromatic rings. The quantitative estimate of drug-likeness (QED) is 0.836. The van der Waals surface area contributed by atoms with Gasteiger partial charge in [-0.1, -0.05) is 6.92 Å². The highest BCUT2D eigenvalue weighted by Gasteiger charge is 2.43. The van der Waals surface area contributed by atoms with E-state index in [0.717, 1.165) is 11.1 Å². The molecule has 2 N–H and O–H groups in total. The Morgan fingerprint density at radius 1 is 1.32 bits per heavy atom. The summed E-state index contributed by atoms with van der Waals surface area (Å²) in [5, 5.41) is 21.0. The molecule has 1 saturated heterocycles. The lowest BCUT2D eigenvalue weighted by Gasteiger charge is -2.17. The third kappa shape index (κ3) is 1.83. The fraction of sp³-hybridized carbons (Fsp3) is 0.538. The lowest BCUT2D eigenvalue weighted by molar-refractivity contribution is -0.0352. The monoisotopic (exact) mass is 263 g/mol. The molecule has 102 valence electrons. The topological polar surface area (TPSA) is 80.4 Å². The lowest BCUT2D eigenvalue weighted by Crippen LogP contribution is -2.31. The van der Waals surface area contributed by atoms with Gasteiger partial charge in [0, 0.05) is 11.6 Å². The minimum atomic E-state index is -0.948. The summed E-state index contributed by atoms with van der Waals surface area (Å²) in [6, 6.07) is 1.90. The van der Waals surface area contributed by atoms with E-state index in [-0.39, 0.29) is 6.10 Å². The van der Waals surface area contributed by atoms with Crippen LogP contribution in [0, 0.1) is 6.92 Å². The standard InChI is InChI=1S/C13H17N3O3/c1-3-9-10(17)11(18)13(19-9)16-5-4-8-7(2)14-6-15-12(8)16/h4-6,9-11,13,17-18H,3H2,1-2H3/t9-,10-,11-,13-/m1/s1. The van der Waals surface area contributed by atoms with Gasteiger partial charge in [-0.3, -0.25) is 0 Å². The SMILES string of the molecule is CC[C@H]1O[C@@H](n2ccc3c(C)ncnc32)[C@H](O)[C@@H]1O. The van der Waals surface area contributed by atoms with Crippen LogP contribution in [-0.4, -0.2) is 43.1 Å². The normalized spacial score (nSPS) is 31.2. The molecular formula is C13H17N3O3. The van der Waals surface area contributed by atoms with E-state index in [1.807, 2.05) is 26.1 Å². The van der Waals surface area contributed by atoms with Crippen molar-refractivity contribution in [3.8, 4) is 0 Å². The predicted octanol–water partition coefficient (Wildman–Crippen LogP) is 0.769. The summed E-state index contributed by atoms with van der Waals surface area (Å²) >= 11 is 0. The van der Waals surface area contributed by atoms with Crippen LogP contribution in [0.5, 0.6) is 0 Å². The number of nitrogens with zero attached hydrogens (tertiary/aromatic N) is 3. The maximum absolute atomic E-state index is 10.1. The molecule has 4 atom stereocenters. The third-order valence-electron chi connectivity index (χ3n) is 3.72. The molecule has 1 fully saturated rings. The highest BCUT2D eigenvalue weighted by Crippen LogP contribution is 2.33. The Bertz CT molecular complexity index is 598. The van der Waals surface area contributed by atoms with Crippen LogP contribution in [0.1, 0.15) is 25.3 Å². The van der Waals surface area contributed by atoms with E-state index in [1.165, 1.54) is 6.33 Å². The average Bonchev–Trinajstić information content (AvgIpc) is 2.94. The Kier molecular flexibility index (Phi) is 3.00. The molecule has 3 heterocycles. The zero-order chi connectivity index (χ0) is 13.6. The van der Waals surface area contributed by atoms with E-state index in [9.17, 15) is 10.2 Å². The van der Waals surface area contributed by atoms with Gasteiger partial charge in [-0.05, 0) is 19.4 Å². The van der Waals surface area contributed by atoms with Gasteiger partial charge in [-0.2, -0.15) is 0 Å². The minimum Gasteiger partial charge on any atom is -0.388 e. The van der Waals surface area contributed by atoms with Gasteiger partial charge in [0.2, 0.25) is 0 Å². The van der Waals surface area contributed by atoms with Gasteiger partial charge in [-0.15, -0.1) is 0 Å². The Labute approximate surface area is 110 Å². The van der Waals surface area contributed by atoms with E-state index in [2.05, 4.69) is 9.97 Å². The van der Waals surface area contributed by atoms with Crippen molar-refractivity contribution < 1.29 is 14.9 Å². The molecule has 0 aromatic carbocycles. The molecular weight excluding hydrogens is 246 g/mol. The fourth-order valence-corrected chi connectivity index (χ4v) is 2.60. The fourth-order valence-electron chi connectivity index (χ4n) is 2.60. The number of aryl methyl sites for hydroxylation is 1. The number of aliphatic hydroxyl groups excluding tert-OH is 2. The van der Waals surface area contributed by atoms with Crippen LogP contribution >= 0.6 is 0 Å². The van der Waals surface area contributed by atoms with Crippen molar-refractivity contribution in [2.45, 2.75) is 44.8 Å². The summed E-state index contributed by atoms with van der Waals surface area (Å²) < 4.78 is 7.49. The van der Waals surface area contributed by atoms with Gasteiger partial charge in [0.15, 0.2) is 6.23 Å². The molecule has 0 spiro atoms. The molecule has 3 rings (SSSR count). The summed E-state index contributed by atoms with van der Waals surface area (Å²) in [7, 11) is 0. The van der Waals surface area contributed by atoms with E-state index in [4.69, 9.17) is 4.74 Å². The molecule has 6 heteroatoms. The Balaban J connectivity index is 2.04. The molecule has 2 aromatic heterocycles. The molecule has 0 aliphatic carbocycles. The van der Waals surface area contributed by atoms with Gasteiger partial charge in [0.1, 0.15) is 24.2 Å². The summed E-state index contributed by atoms with van der Waals surface area (Å²) in [5.74, 6) is 0. The van der Waals surface area contributed by atoms with Crippen molar-refractivity contribution in [2.75, 3.05) is 0 Å². The first kappa shape index (κ1) is 12.5. The number of fused-ring (bicyclic) bond motifs is 1. The Morgan fingerprint density at radius 2 is 2.11 bits per heavy atom. The van der Waals surface area contributed by atoms with Crippen molar-refractivity contribution in [1.29, 1.82) is 0 Å². The third-order valence-corrected chi connectivity index (χ3v) is 3.72. The van der Waals surface area contributed by atoms with E-state index < -0.39 is 18.4 Å². The van der Waals surface area contributed by atoms with Crippen molar-refractivity contribution in [2.24, 2.45) is 0 Å². The van der Waals surface area contributed by atoms with Crippen molar-refractivity contribution in [1.82, 2.24) is 14.5 Å². The van der Waals surface area contributed by atoms with Crippen LogP contribution in [0.25, 0.3) is 11.0 Å². The molecule has 1 aliphatic rings. The first-order valence-corrected chi connectivity index (χ1v) is 6.43. The molecule has 0 amide bonds. The van der Waals surface area contributed by atoms with Crippen LogP contribution in [0.3, 0.4) is 0 Å². The predicted molar refractivity (Wildman–Crippen MR) is 68.5 cm³/mol. The number of hydrogen-bond donors (Lipinski definition) is 2. The number of aliphatic hydroxyl groups is 2. The number of ether oxygens (including phenoxy) is 1. The molecule has 0 unspecified atom stereocenters. The maximum Gasteiger partial charge on any atom is 0.164 e. The summed E-state index contributed by atoms with van der Waals surface area (Å²) in [6.45, 7) is 3.83. The number of rotatable bonds is 2. The summed E-state index contributed by atoms with van der Waals surface area (Å²) in [4.78, 5) is 8.37. The number of hydrogen-bond acceptors (Lipinski definition) is 5. The van der Waals surface area contributed by atoms with E-state index >= 15 is 0 Å². The summed E-state index contributed by atoms with van der Waals surface area (Å²) in [6.07, 6.45) is 1.19. The molecule has 0 radical (unpaired) electrons. The van der Waals surface area contributed by atoms with Crippen molar-refractivity contribution in [3.05, 3.63) is 24.3 Å². The van der Waals surface area contributed by atoms with E-state index in [1.54, 1.807) is 4.57 Å². The van der Waals surface area contributed by atoms with Gasteiger partial charge in [0.25, 0.3) is 0 Å². The second-order valence-corrected chi connectivity index (χ2v) is 4.87. The minimum absolute atomic E-state index is 0.347.